The summed E-state index contributed by atoms with van der Waals surface area (Å²) in [5, 5.41) is 3.21. The monoisotopic (exact) mass is 265 g/mol. The molecule has 0 saturated heterocycles. The first-order valence-electron chi connectivity index (χ1n) is 6.74. The zero-order valence-electron chi connectivity index (χ0n) is 11.9. The lowest BCUT2D eigenvalue weighted by Gasteiger charge is -2.35. The van der Waals surface area contributed by atoms with Gasteiger partial charge >= 0.3 is 0 Å². The quantitative estimate of drug-likeness (QED) is 0.820. The van der Waals surface area contributed by atoms with Crippen LogP contribution in [0, 0.1) is 5.92 Å². The topological polar surface area (TPSA) is 39.7 Å². The molecule has 0 atom stereocenters. The van der Waals surface area contributed by atoms with E-state index >= 15 is 0 Å². The van der Waals surface area contributed by atoms with Crippen molar-refractivity contribution < 1.29 is 14.2 Å². The van der Waals surface area contributed by atoms with E-state index < -0.39 is 0 Å². The van der Waals surface area contributed by atoms with Gasteiger partial charge in [0.2, 0.25) is 0 Å². The molecule has 0 spiro atoms. The first kappa shape index (κ1) is 14.2. The smallest absolute Gasteiger partial charge is 0.161 e. The molecular formula is C15H23NO3. The largest absolute Gasteiger partial charge is 0.493 e. The van der Waals surface area contributed by atoms with Crippen LogP contribution in [-0.2, 0) is 11.3 Å². The van der Waals surface area contributed by atoms with Crippen LogP contribution in [0.1, 0.15) is 18.4 Å². The molecule has 4 heteroatoms. The maximum atomic E-state index is 5.89. The summed E-state index contributed by atoms with van der Waals surface area (Å²) < 4.78 is 16.4. The third-order valence-corrected chi connectivity index (χ3v) is 3.62. The molecule has 0 aromatic heterocycles. The van der Waals surface area contributed by atoms with E-state index in [-0.39, 0.29) is 0 Å². The molecule has 0 unspecified atom stereocenters. The minimum Gasteiger partial charge on any atom is -0.493 e. The summed E-state index contributed by atoms with van der Waals surface area (Å²) in [6, 6.07) is 5.91. The Morgan fingerprint density at radius 1 is 1.16 bits per heavy atom. The molecule has 0 heterocycles. The number of rotatable bonds is 7. The van der Waals surface area contributed by atoms with E-state index in [2.05, 4.69) is 5.32 Å². The maximum Gasteiger partial charge on any atom is 0.161 e. The highest BCUT2D eigenvalue weighted by Gasteiger charge is 2.28. The molecule has 106 valence electrons. The van der Waals surface area contributed by atoms with Crippen molar-refractivity contribution in [2.75, 3.05) is 27.8 Å². The molecule has 0 aliphatic heterocycles. The second-order valence-electron chi connectivity index (χ2n) is 5.02. The predicted molar refractivity (Wildman–Crippen MR) is 74.8 cm³/mol. The van der Waals surface area contributed by atoms with Gasteiger partial charge in [0.1, 0.15) is 0 Å². The van der Waals surface area contributed by atoms with Gasteiger partial charge in [-0.15, -0.1) is 0 Å². The minimum absolute atomic E-state index is 0.409. The summed E-state index contributed by atoms with van der Waals surface area (Å²) in [7, 11) is 5.29. The van der Waals surface area contributed by atoms with Crippen molar-refractivity contribution in [3.63, 3.8) is 0 Å². The summed E-state index contributed by atoms with van der Waals surface area (Å²) in [5.74, 6) is 2.29. The lowest BCUT2D eigenvalue weighted by Crippen LogP contribution is -2.36. The van der Waals surface area contributed by atoms with Crippen LogP contribution < -0.4 is 14.8 Å². The molecule has 0 bridgehead atoms. The predicted octanol–water partition coefficient (Wildman–Crippen LogP) is 2.22. The van der Waals surface area contributed by atoms with Gasteiger partial charge in [0.05, 0.1) is 26.9 Å². The number of hydrogen-bond donors (Lipinski definition) is 1. The van der Waals surface area contributed by atoms with Crippen molar-refractivity contribution in [2.24, 2.45) is 5.92 Å². The third-order valence-electron chi connectivity index (χ3n) is 3.62. The van der Waals surface area contributed by atoms with Crippen LogP contribution in [0.2, 0.25) is 0 Å². The van der Waals surface area contributed by atoms with Crippen molar-refractivity contribution in [1.29, 1.82) is 0 Å². The van der Waals surface area contributed by atoms with Gasteiger partial charge in [0.25, 0.3) is 0 Å². The van der Waals surface area contributed by atoms with E-state index in [1.807, 2.05) is 25.2 Å². The van der Waals surface area contributed by atoms with E-state index in [1.165, 1.54) is 0 Å². The molecule has 1 aliphatic carbocycles. The number of benzene rings is 1. The van der Waals surface area contributed by atoms with Crippen LogP contribution in [0.15, 0.2) is 18.2 Å². The molecule has 1 saturated carbocycles. The summed E-state index contributed by atoms with van der Waals surface area (Å²) in [4.78, 5) is 0. The fraction of sp³-hybridized carbons (Fsp3) is 0.600. The normalized spacial score (nSPS) is 21.8. The highest BCUT2D eigenvalue weighted by Crippen LogP contribution is 2.31. The van der Waals surface area contributed by atoms with Gasteiger partial charge in [-0.25, -0.2) is 0 Å². The van der Waals surface area contributed by atoms with Crippen LogP contribution in [0.4, 0.5) is 0 Å². The van der Waals surface area contributed by atoms with E-state index in [0.717, 1.165) is 42.4 Å². The SMILES string of the molecule is CNCC1CC(OCc2ccc(OC)c(OC)c2)C1. The second kappa shape index (κ2) is 6.78. The summed E-state index contributed by atoms with van der Waals surface area (Å²) in [5.41, 5.74) is 1.12. The number of ether oxygens (including phenoxy) is 3. The molecule has 1 fully saturated rings. The van der Waals surface area contributed by atoms with Crippen molar-refractivity contribution in [3.05, 3.63) is 23.8 Å². The van der Waals surface area contributed by atoms with Crippen LogP contribution in [-0.4, -0.2) is 33.9 Å². The average molecular weight is 265 g/mol. The summed E-state index contributed by atoms with van der Waals surface area (Å²) in [6.07, 6.45) is 2.73. The van der Waals surface area contributed by atoms with Crippen molar-refractivity contribution in [1.82, 2.24) is 5.32 Å². The molecule has 1 N–H and O–H groups in total. The van der Waals surface area contributed by atoms with Gasteiger partial charge in [-0.1, -0.05) is 6.07 Å². The zero-order valence-corrected chi connectivity index (χ0v) is 11.9. The fourth-order valence-electron chi connectivity index (χ4n) is 2.45. The Bertz CT molecular complexity index is 402. The van der Waals surface area contributed by atoms with Gasteiger partial charge in [0, 0.05) is 0 Å². The van der Waals surface area contributed by atoms with Crippen molar-refractivity contribution in [3.8, 4) is 11.5 Å². The molecule has 19 heavy (non-hydrogen) atoms. The average Bonchev–Trinajstić information content (AvgIpc) is 2.40. The standard InChI is InChI=1S/C15H23NO3/c1-16-9-12-6-13(7-12)19-10-11-4-5-14(17-2)15(8-11)18-3/h4-5,8,12-13,16H,6-7,9-10H2,1-3H3. The Hall–Kier alpha value is -1.26. The van der Waals surface area contributed by atoms with E-state index in [0.29, 0.717) is 12.7 Å². The van der Waals surface area contributed by atoms with Crippen molar-refractivity contribution in [2.45, 2.75) is 25.6 Å². The maximum absolute atomic E-state index is 5.89. The van der Waals surface area contributed by atoms with Gasteiger partial charge in [0.15, 0.2) is 11.5 Å². The van der Waals surface area contributed by atoms with Crippen LogP contribution in [0.3, 0.4) is 0 Å². The van der Waals surface area contributed by atoms with Gasteiger partial charge < -0.3 is 19.5 Å². The Morgan fingerprint density at radius 3 is 2.53 bits per heavy atom. The number of methoxy groups -OCH3 is 2. The van der Waals surface area contributed by atoms with Gasteiger partial charge in [-0.05, 0) is 50.0 Å². The summed E-state index contributed by atoms with van der Waals surface area (Å²) in [6.45, 7) is 1.73. The van der Waals surface area contributed by atoms with Gasteiger partial charge in [-0.3, -0.25) is 0 Å². The van der Waals surface area contributed by atoms with Crippen molar-refractivity contribution >= 4 is 0 Å². The fourth-order valence-corrected chi connectivity index (χ4v) is 2.45. The molecular weight excluding hydrogens is 242 g/mol. The Labute approximate surface area is 115 Å². The number of nitrogens with one attached hydrogen (secondary N) is 1. The Balaban J connectivity index is 1.80. The van der Waals surface area contributed by atoms with Crippen LogP contribution in [0.5, 0.6) is 11.5 Å². The molecule has 1 aliphatic rings. The van der Waals surface area contributed by atoms with Crippen LogP contribution >= 0.6 is 0 Å². The Morgan fingerprint density at radius 2 is 1.89 bits per heavy atom. The first-order valence-corrected chi connectivity index (χ1v) is 6.74. The molecule has 1 aromatic rings. The van der Waals surface area contributed by atoms with E-state index in [9.17, 15) is 0 Å². The summed E-state index contributed by atoms with van der Waals surface area (Å²) >= 11 is 0. The van der Waals surface area contributed by atoms with Crippen LogP contribution in [0.25, 0.3) is 0 Å². The lowest BCUT2D eigenvalue weighted by molar-refractivity contribution is -0.0391. The minimum atomic E-state index is 0.409. The number of hydrogen-bond acceptors (Lipinski definition) is 4. The zero-order chi connectivity index (χ0) is 13.7. The highest BCUT2D eigenvalue weighted by molar-refractivity contribution is 5.42. The molecule has 2 rings (SSSR count). The first-order chi connectivity index (χ1) is 9.26. The molecule has 1 aromatic carbocycles. The molecule has 0 amide bonds. The molecule has 4 nitrogen and oxygen atoms in total. The molecule has 0 radical (unpaired) electrons. The lowest BCUT2D eigenvalue weighted by atomic mass is 9.82. The second-order valence-corrected chi connectivity index (χ2v) is 5.02. The van der Waals surface area contributed by atoms with E-state index in [1.54, 1.807) is 14.2 Å². The van der Waals surface area contributed by atoms with E-state index in [4.69, 9.17) is 14.2 Å². The van der Waals surface area contributed by atoms with Gasteiger partial charge in [-0.2, -0.15) is 0 Å². The Kier molecular flexibility index (Phi) is 5.05. The third kappa shape index (κ3) is 3.61. The highest BCUT2D eigenvalue weighted by atomic mass is 16.5.